The zero-order valence-corrected chi connectivity index (χ0v) is 14.4. The number of halogens is 1. The Kier molecular flexibility index (Phi) is 6.28. The number of nitrogens with one attached hydrogen (secondary N) is 2. The minimum Gasteiger partial charge on any atom is -0.341 e. The molecule has 0 saturated carbocycles. The van der Waals surface area contributed by atoms with E-state index in [4.69, 9.17) is 11.6 Å². The van der Waals surface area contributed by atoms with Crippen LogP contribution in [0, 0.1) is 5.92 Å². The third-order valence-corrected chi connectivity index (χ3v) is 4.20. The van der Waals surface area contributed by atoms with Crippen molar-refractivity contribution in [2.24, 2.45) is 5.92 Å². The molecule has 0 aliphatic carbocycles. The summed E-state index contributed by atoms with van der Waals surface area (Å²) in [5.74, 6) is 0.0236. The molecule has 5 nitrogen and oxygen atoms in total. The van der Waals surface area contributed by atoms with Crippen molar-refractivity contribution in [1.29, 1.82) is 0 Å². The van der Waals surface area contributed by atoms with Gasteiger partial charge in [-0.05, 0) is 43.4 Å². The van der Waals surface area contributed by atoms with Gasteiger partial charge in [-0.25, -0.2) is 4.79 Å². The fourth-order valence-corrected chi connectivity index (χ4v) is 2.89. The minimum absolute atomic E-state index is 0.000874. The van der Waals surface area contributed by atoms with E-state index < -0.39 is 12.1 Å². The minimum atomic E-state index is -0.521. The molecule has 0 spiro atoms. The first-order valence-electron chi connectivity index (χ1n) is 8.09. The van der Waals surface area contributed by atoms with Gasteiger partial charge in [-0.1, -0.05) is 31.5 Å². The molecule has 3 amide bonds. The Labute approximate surface area is 142 Å². The van der Waals surface area contributed by atoms with Crippen molar-refractivity contribution in [1.82, 2.24) is 10.2 Å². The SMILES string of the molecule is CC(C)[C@H](NC(=O)Nc1cccc(Cl)c1)C(=O)N1CCCCC1. The topological polar surface area (TPSA) is 61.4 Å². The Bertz CT molecular complexity index is 557. The summed E-state index contributed by atoms with van der Waals surface area (Å²) in [7, 11) is 0. The van der Waals surface area contributed by atoms with Crippen LogP contribution in [0.2, 0.25) is 5.02 Å². The molecule has 1 heterocycles. The van der Waals surface area contributed by atoms with Crippen LogP contribution >= 0.6 is 11.6 Å². The third kappa shape index (κ3) is 5.13. The lowest BCUT2D eigenvalue weighted by atomic mass is 10.0. The summed E-state index contributed by atoms with van der Waals surface area (Å²) in [5, 5.41) is 6.07. The number of rotatable bonds is 4. The average molecular weight is 338 g/mol. The van der Waals surface area contributed by atoms with Crippen molar-refractivity contribution in [3.63, 3.8) is 0 Å². The van der Waals surface area contributed by atoms with Crippen LogP contribution in [-0.2, 0) is 4.79 Å². The summed E-state index contributed by atoms with van der Waals surface area (Å²) in [6, 6.07) is 6.00. The van der Waals surface area contributed by atoms with Crippen LogP contribution in [0.4, 0.5) is 10.5 Å². The van der Waals surface area contributed by atoms with Gasteiger partial charge >= 0.3 is 6.03 Å². The Morgan fingerprint density at radius 1 is 1.17 bits per heavy atom. The van der Waals surface area contributed by atoms with E-state index >= 15 is 0 Å². The maximum Gasteiger partial charge on any atom is 0.319 e. The number of amides is 3. The highest BCUT2D eigenvalue weighted by Gasteiger charge is 2.29. The van der Waals surface area contributed by atoms with Crippen LogP contribution in [0.25, 0.3) is 0 Å². The predicted molar refractivity (Wildman–Crippen MR) is 92.7 cm³/mol. The quantitative estimate of drug-likeness (QED) is 0.883. The molecule has 126 valence electrons. The van der Waals surface area contributed by atoms with Gasteiger partial charge in [-0.3, -0.25) is 4.79 Å². The number of anilines is 1. The molecule has 1 saturated heterocycles. The number of carbonyl (C=O) groups is 2. The molecule has 1 aliphatic rings. The molecule has 23 heavy (non-hydrogen) atoms. The second-order valence-electron chi connectivity index (χ2n) is 6.22. The molecule has 0 radical (unpaired) electrons. The molecule has 2 N–H and O–H groups in total. The first-order valence-corrected chi connectivity index (χ1v) is 8.47. The summed E-state index contributed by atoms with van der Waals surface area (Å²) < 4.78 is 0. The van der Waals surface area contributed by atoms with E-state index in [1.807, 2.05) is 18.7 Å². The molecule has 1 aliphatic heterocycles. The van der Waals surface area contributed by atoms with Gasteiger partial charge in [0.05, 0.1) is 0 Å². The van der Waals surface area contributed by atoms with Gasteiger partial charge in [0.15, 0.2) is 0 Å². The number of nitrogens with zero attached hydrogens (tertiary/aromatic N) is 1. The standard InChI is InChI=1S/C17H24ClN3O2/c1-12(2)15(16(22)21-9-4-3-5-10-21)20-17(23)19-14-8-6-7-13(18)11-14/h6-8,11-12,15H,3-5,9-10H2,1-2H3,(H2,19,20,23)/t15-/m0/s1. The Morgan fingerprint density at radius 3 is 2.48 bits per heavy atom. The van der Waals surface area contributed by atoms with Crippen molar-refractivity contribution < 1.29 is 9.59 Å². The lowest BCUT2D eigenvalue weighted by molar-refractivity contribution is -0.135. The van der Waals surface area contributed by atoms with E-state index in [-0.39, 0.29) is 11.8 Å². The number of likely N-dealkylation sites (tertiary alicyclic amines) is 1. The maximum atomic E-state index is 12.6. The van der Waals surface area contributed by atoms with Gasteiger partial charge in [-0.2, -0.15) is 0 Å². The fraction of sp³-hybridized carbons (Fsp3) is 0.529. The number of piperidine rings is 1. The molecule has 0 bridgehead atoms. The van der Waals surface area contributed by atoms with E-state index in [1.54, 1.807) is 24.3 Å². The van der Waals surface area contributed by atoms with Gasteiger partial charge in [-0.15, -0.1) is 0 Å². The van der Waals surface area contributed by atoms with Crippen LogP contribution in [0.3, 0.4) is 0 Å². The summed E-state index contributed by atoms with van der Waals surface area (Å²) in [5.41, 5.74) is 0.600. The highest BCUT2D eigenvalue weighted by molar-refractivity contribution is 6.30. The zero-order valence-electron chi connectivity index (χ0n) is 13.6. The molecular weight excluding hydrogens is 314 g/mol. The Balaban J connectivity index is 1.98. The van der Waals surface area contributed by atoms with Crippen molar-refractivity contribution in [3.8, 4) is 0 Å². The molecule has 1 fully saturated rings. The van der Waals surface area contributed by atoms with E-state index in [2.05, 4.69) is 10.6 Å². The van der Waals surface area contributed by atoms with E-state index in [9.17, 15) is 9.59 Å². The molecule has 2 rings (SSSR count). The lowest BCUT2D eigenvalue weighted by Crippen LogP contribution is -2.53. The first-order chi connectivity index (χ1) is 11.0. The third-order valence-electron chi connectivity index (χ3n) is 3.97. The van der Waals surface area contributed by atoms with Gasteiger partial charge in [0.25, 0.3) is 0 Å². The van der Waals surface area contributed by atoms with Crippen molar-refractivity contribution in [2.45, 2.75) is 39.2 Å². The van der Waals surface area contributed by atoms with Crippen molar-refractivity contribution in [2.75, 3.05) is 18.4 Å². The van der Waals surface area contributed by atoms with Gasteiger partial charge < -0.3 is 15.5 Å². The van der Waals surface area contributed by atoms with Crippen LogP contribution < -0.4 is 10.6 Å². The largest absolute Gasteiger partial charge is 0.341 e. The van der Waals surface area contributed by atoms with Gasteiger partial charge in [0.2, 0.25) is 5.91 Å². The molecule has 0 unspecified atom stereocenters. The number of urea groups is 1. The number of carbonyl (C=O) groups excluding carboxylic acids is 2. The van der Waals surface area contributed by atoms with Crippen LogP contribution in [-0.4, -0.2) is 36.0 Å². The molecule has 6 heteroatoms. The fourth-order valence-electron chi connectivity index (χ4n) is 2.70. The van der Waals surface area contributed by atoms with Crippen LogP contribution in [0.15, 0.2) is 24.3 Å². The molecular formula is C17H24ClN3O2. The summed E-state index contributed by atoms with van der Waals surface area (Å²) >= 11 is 5.90. The summed E-state index contributed by atoms with van der Waals surface area (Å²) in [6.07, 6.45) is 3.23. The Hall–Kier alpha value is -1.75. The lowest BCUT2D eigenvalue weighted by Gasteiger charge is -2.32. The maximum absolute atomic E-state index is 12.6. The molecule has 1 aromatic rings. The number of hydrogen-bond donors (Lipinski definition) is 2. The molecule has 0 aromatic heterocycles. The van der Waals surface area contributed by atoms with Crippen molar-refractivity contribution >= 4 is 29.2 Å². The smallest absolute Gasteiger partial charge is 0.319 e. The summed E-state index contributed by atoms with van der Waals surface area (Å²) in [6.45, 7) is 5.43. The molecule has 1 aromatic carbocycles. The number of hydrogen-bond acceptors (Lipinski definition) is 2. The highest BCUT2D eigenvalue weighted by Crippen LogP contribution is 2.16. The second kappa shape index (κ2) is 8.20. The van der Waals surface area contributed by atoms with Crippen LogP contribution in [0.1, 0.15) is 33.1 Å². The van der Waals surface area contributed by atoms with Gasteiger partial charge in [0, 0.05) is 23.8 Å². The predicted octanol–water partition coefficient (Wildman–Crippen LogP) is 3.50. The summed E-state index contributed by atoms with van der Waals surface area (Å²) in [4.78, 5) is 26.7. The molecule has 1 atom stereocenters. The normalized spacial score (nSPS) is 16.1. The monoisotopic (exact) mass is 337 g/mol. The first kappa shape index (κ1) is 17.6. The van der Waals surface area contributed by atoms with Crippen molar-refractivity contribution in [3.05, 3.63) is 29.3 Å². The van der Waals surface area contributed by atoms with Crippen LogP contribution in [0.5, 0.6) is 0 Å². The number of benzene rings is 1. The Morgan fingerprint density at radius 2 is 1.87 bits per heavy atom. The van der Waals surface area contributed by atoms with Gasteiger partial charge in [0.1, 0.15) is 6.04 Å². The zero-order chi connectivity index (χ0) is 16.8. The second-order valence-corrected chi connectivity index (χ2v) is 6.65. The van der Waals surface area contributed by atoms with E-state index in [0.29, 0.717) is 10.7 Å². The van der Waals surface area contributed by atoms with E-state index in [0.717, 1.165) is 25.9 Å². The highest BCUT2D eigenvalue weighted by atomic mass is 35.5. The van der Waals surface area contributed by atoms with E-state index in [1.165, 1.54) is 6.42 Å². The average Bonchev–Trinajstić information content (AvgIpc) is 2.52.